The highest BCUT2D eigenvalue weighted by atomic mass is 35.5. The molecule has 0 saturated heterocycles. The molecule has 2 aromatic carbocycles. The van der Waals surface area contributed by atoms with Gasteiger partial charge in [-0.2, -0.15) is 0 Å². The van der Waals surface area contributed by atoms with Gasteiger partial charge in [-0.25, -0.2) is 0 Å². The van der Waals surface area contributed by atoms with Crippen LogP contribution in [0.3, 0.4) is 0 Å². The number of fused-ring (bicyclic) bond motifs is 3. The molecular formula is C13Cl10. The molecule has 2 aromatic rings. The van der Waals surface area contributed by atoms with E-state index in [2.05, 4.69) is 0 Å². The van der Waals surface area contributed by atoms with Crippen LogP contribution in [0.15, 0.2) is 0 Å². The van der Waals surface area contributed by atoms with Gasteiger partial charge < -0.3 is 0 Å². The molecule has 0 aromatic heterocycles. The van der Waals surface area contributed by atoms with Crippen molar-refractivity contribution in [3.63, 3.8) is 0 Å². The normalized spacial score (nSPS) is 30.0. The lowest BCUT2D eigenvalue weighted by Gasteiger charge is -2.20. The number of hydrogen-bond acceptors (Lipinski definition) is 0. The molecular weight excluding hydrogens is 511 g/mol. The Morgan fingerprint density at radius 1 is 0.435 bits per heavy atom. The van der Waals surface area contributed by atoms with Crippen molar-refractivity contribution in [2.24, 2.45) is 0 Å². The molecule has 2 atom stereocenters. The Morgan fingerprint density at radius 3 is 1.13 bits per heavy atom. The third-order valence-electron chi connectivity index (χ3n) is 4.37. The number of hydrogen-bond donors (Lipinski definition) is 0. The van der Waals surface area contributed by atoms with Crippen LogP contribution in [0.4, 0.5) is 0 Å². The Balaban J connectivity index is 2.38. The second-order valence-electron chi connectivity index (χ2n) is 5.28. The predicted octanol–water partition coefficient (Wildman–Crippen LogP) is 8.83. The van der Waals surface area contributed by atoms with Gasteiger partial charge in [0.15, 0.2) is 4.33 Å². The molecule has 0 nitrogen and oxygen atoms in total. The van der Waals surface area contributed by atoms with Crippen LogP contribution >= 0.6 is 116 Å². The first-order chi connectivity index (χ1) is 10.5. The summed E-state index contributed by atoms with van der Waals surface area (Å²) in [5.41, 5.74) is 0.696. The van der Waals surface area contributed by atoms with Gasteiger partial charge in [-0.15, -0.1) is 23.2 Å². The molecule has 4 rings (SSSR count). The largest absolute Gasteiger partial charge is 0.168 e. The molecule has 2 aliphatic rings. The molecule has 0 bridgehead atoms. The van der Waals surface area contributed by atoms with Gasteiger partial charge in [-0.05, 0) is 5.39 Å². The standard InChI is InChI=1S/C13Cl10/c14-5-2-1-3(7(16)9(5)18)11(20)12(21,13(11,22)23)4(1)8(17)10(19)6(2)15. The third-order valence-corrected chi connectivity index (χ3v) is 10.1. The first-order valence-corrected chi connectivity index (χ1v) is 9.67. The summed E-state index contributed by atoms with van der Waals surface area (Å²) in [4.78, 5) is -2.87. The average molecular weight is 511 g/mol. The van der Waals surface area contributed by atoms with Gasteiger partial charge >= 0.3 is 0 Å². The summed E-state index contributed by atoms with van der Waals surface area (Å²) in [5.74, 6) is 0. The number of alkyl halides is 4. The number of benzene rings is 2. The lowest BCUT2D eigenvalue weighted by Crippen LogP contribution is -2.10. The average Bonchev–Trinajstić information content (AvgIpc) is 2.72. The van der Waals surface area contributed by atoms with Crippen molar-refractivity contribution >= 4 is 127 Å². The van der Waals surface area contributed by atoms with Crippen LogP contribution in [0.1, 0.15) is 11.1 Å². The van der Waals surface area contributed by atoms with Crippen molar-refractivity contribution in [1.29, 1.82) is 0 Å². The fraction of sp³-hybridized carbons (Fsp3) is 0.231. The molecule has 0 N–H and O–H groups in total. The predicted molar refractivity (Wildman–Crippen MR) is 104 cm³/mol. The fourth-order valence-corrected chi connectivity index (χ4v) is 7.25. The summed E-state index contributed by atoms with van der Waals surface area (Å²) in [6, 6.07) is 0. The van der Waals surface area contributed by atoms with Gasteiger partial charge in [0, 0.05) is 16.5 Å². The molecule has 23 heavy (non-hydrogen) atoms. The van der Waals surface area contributed by atoms with Crippen molar-refractivity contribution in [2.45, 2.75) is 14.1 Å². The molecule has 10 heteroatoms. The van der Waals surface area contributed by atoms with Gasteiger partial charge in [0.25, 0.3) is 0 Å². The summed E-state index contributed by atoms with van der Waals surface area (Å²) >= 11 is 63.9. The van der Waals surface area contributed by atoms with Gasteiger partial charge in [-0.3, -0.25) is 0 Å². The topological polar surface area (TPSA) is 0 Å². The molecule has 2 unspecified atom stereocenters. The highest BCUT2D eigenvalue weighted by Gasteiger charge is 2.92. The van der Waals surface area contributed by atoms with Crippen LogP contribution in [0.5, 0.6) is 0 Å². The van der Waals surface area contributed by atoms with Crippen molar-refractivity contribution in [2.75, 3.05) is 0 Å². The van der Waals surface area contributed by atoms with Crippen LogP contribution in [-0.4, -0.2) is 4.33 Å². The lowest BCUT2D eigenvalue weighted by molar-refractivity contribution is 0.932. The van der Waals surface area contributed by atoms with E-state index in [-0.39, 0.29) is 30.1 Å². The van der Waals surface area contributed by atoms with Gasteiger partial charge in [0.2, 0.25) is 0 Å². The Kier molecular flexibility index (Phi) is 3.83. The molecule has 1 saturated carbocycles. The van der Waals surface area contributed by atoms with Crippen LogP contribution in [-0.2, 0) is 9.75 Å². The lowest BCUT2D eigenvalue weighted by atomic mass is 10.00. The maximum Gasteiger partial charge on any atom is 0.168 e. The van der Waals surface area contributed by atoms with E-state index < -0.39 is 14.1 Å². The van der Waals surface area contributed by atoms with Crippen LogP contribution in [0.2, 0.25) is 30.1 Å². The molecule has 1 fully saturated rings. The minimum Gasteiger partial charge on any atom is -0.108 e. The summed E-state index contributed by atoms with van der Waals surface area (Å²) in [6.45, 7) is 0. The summed E-state index contributed by atoms with van der Waals surface area (Å²) in [5, 5.41) is 1.39. The quantitative estimate of drug-likeness (QED) is 0.245. The van der Waals surface area contributed by atoms with E-state index in [1.54, 1.807) is 0 Å². The van der Waals surface area contributed by atoms with E-state index in [1.807, 2.05) is 0 Å². The second-order valence-corrected chi connectivity index (χ2v) is 10.0. The summed E-state index contributed by atoms with van der Waals surface area (Å²) < 4.78 is -1.56. The number of halogens is 10. The minimum atomic E-state index is -1.56. The highest BCUT2D eigenvalue weighted by molar-refractivity contribution is 6.69. The first kappa shape index (κ1) is 18.0. The van der Waals surface area contributed by atoms with Gasteiger partial charge in [-0.1, -0.05) is 92.8 Å². The van der Waals surface area contributed by atoms with E-state index in [0.717, 1.165) is 0 Å². The van der Waals surface area contributed by atoms with E-state index in [9.17, 15) is 0 Å². The fourth-order valence-electron chi connectivity index (χ4n) is 3.27. The summed E-state index contributed by atoms with van der Waals surface area (Å²) in [7, 11) is 0. The summed E-state index contributed by atoms with van der Waals surface area (Å²) in [6.07, 6.45) is 0. The molecule has 0 spiro atoms. The first-order valence-electron chi connectivity index (χ1n) is 5.89. The molecule has 122 valence electrons. The number of rotatable bonds is 0. The van der Waals surface area contributed by atoms with Crippen molar-refractivity contribution in [1.82, 2.24) is 0 Å². The van der Waals surface area contributed by atoms with Crippen LogP contribution < -0.4 is 0 Å². The van der Waals surface area contributed by atoms with Crippen molar-refractivity contribution < 1.29 is 0 Å². The molecule has 0 radical (unpaired) electrons. The van der Waals surface area contributed by atoms with Gasteiger partial charge in [0.05, 0.1) is 30.1 Å². The smallest absolute Gasteiger partial charge is 0.108 e. The highest BCUT2D eigenvalue weighted by Crippen LogP contribution is 2.88. The Morgan fingerprint density at radius 2 is 0.783 bits per heavy atom. The Hall–Kier alpha value is 1.60. The van der Waals surface area contributed by atoms with E-state index >= 15 is 0 Å². The van der Waals surface area contributed by atoms with Gasteiger partial charge in [0.1, 0.15) is 9.75 Å². The zero-order chi connectivity index (χ0) is 17.3. The zero-order valence-electron chi connectivity index (χ0n) is 10.3. The zero-order valence-corrected chi connectivity index (χ0v) is 17.8. The van der Waals surface area contributed by atoms with Crippen LogP contribution in [0, 0.1) is 0 Å². The minimum absolute atomic E-state index is 0.0547. The molecule has 0 aliphatic heterocycles. The monoisotopic (exact) mass is 506 g/mol. The molecule has 0 amide bonds. The van der Waals surface area contributed by atoms with Crippen LogP contribution in [0.25, 0.3) is 10.8 Å². The third kappa shape index (κ3) is 1.61. The molecule has 2 aliphatic carbocycles. The van der Waals surface area contributed by atoms with E-state index in [0.29, 0.717) is 21.9 Å². The van der Waals surface area contributed by atoms with Crippen molar-refractivity contribution in [3.05, 3.63) is 41.3 Å². The van der Waals surface area contributed by atoms with E-state index in [1.165, 1.54) is 0 Å². The maximum atomic E-state index is 6.69. The Labute approximate surface area is 180 Å². The Bertz CT molecular complexity index is 878. The van der Waals surface area contributed by atoms with E-state index in [4.69, 9.17) is 116 Å². The SMILES string of the molecule is Clc1c(Cl)c2c3c(c(Cl)c(Cl)c(Cl)c3c1Cl)C1(Cl)C(Cl)(Cl)C21Cl. The maximum absolute atomic E-state index is 6.69. The van der Waals surface area contributed by atoms with Crippen molar-refractivity contribution in [3.8, 4) is 0 Å². The second kappa shape index (κ2) is 4.90. The molecule has 0 heterocycles.